The first-order valence-corrected chi connectivity index (χ1v) is 16.0. The zero-order valence-electron chi connectivity index (χ0n) is 18.7. The van der Waals surface area contributed by atoms with Crippen LogP contribution in [0.25, 0.3) is 0 Å². The van der Waals surface area contributed by atoms with Gasteiger partial charge in [0.1, 0.15) is 35.6 Å². The Morgan fingerprint density at radius 1 is 0.853 bits per heavy atom. The zero-order valence-corrected chi connectivity index (χ0v) is 24.2. The molecule has 7 nitrogen and oxygen atoms in total. The molecule has 2 saturated heterocycles. The van der Waals surface area contributed by atoms with Crippen molar-refractivity contribution in [3.05, 3.63) is 22.2 Å². The molecular weight excluding hydrogens is 583 g/mol. The van der Waals surface area contributed by atoms with Gasteiger partial charge >= 0.3 is 0 Å². The van der Waals surface area contributed by atoms with Crippen LogP contribution in [-0.4, -0.2) is 69.1 Å². The van der Waals surface area contributed by atoms with Crippen LogP contribution in [0.4, 0.5) is 0 Å². The molecule has 0 aromatic rings. The maximum atomic E-state index is 10.2. The van der Waals surface area contributed by atoms with Crippen LogP contribution in [0.3, 0.4) is 0 Å². The summed E-state index contributed by atoms with van der Waals surface area (Å²) < 4.78 is 22.2. The first-order chi connectivity index (χ1) is 15.2. The van der Waals surface area contributed by atoms with Crippen molar-refractivity contribution in [3.63, 3.8) is 0 Å². The van der Waals surface area contributed by atoms with Crippen LogP contribution in [0.1, 0.15) is 48.5 Å². The van der Waals surface area contributed by atoms with E-state index >= 15 is 0 Å². The summed E-state index contributed by atoms with van der Waals surface area (Å²) in [6, 6.07) is 0. The molecule has 4 aliphatic rings. The van der Waals surface area contributed by atoms with Gasteiger partial charge in [-0.1, -0.05) is 37.6 Å². The van der Waals surface area contributed by atoms with E-state index in [1.54, 1.807) is 19.9 Å². The highest BCUT2D eigenvalue weighted by molar-refractivity contribution is 8.59. The zero-order chi connectivity index (χ0) is 25.2. The average Bonchev–Trinajstić information content (AvgIpc) is 3.37. The van der Waals surface area contributed by atoms with Crippen molar-refractivity contribution in [1.82, 2.24) is 0 Å². The highest BCUT2D eigenvalue weighted by Gasteiger charge is 2.57. The maximum absolute atomic E-state index is 10.2. The van der Waals surface area contributed by atoms with Gasteiger partial charge in [0.2, 0.25) is 0 Å². The highest BCUT2D eigenvalue weighted by atomic mass is 35.5. The molecule has 2 aliphatic heterocycles. The second-order valence-electron chi connectivity index (χ2n) is 8.71. The topological polar surface area (TPSA) is 97.6 Å². The predicted molar refractivity (Wildman–Crippen MR) is 146 cm³/mol. The van der Waals surface area contributed by atoms with Crippen LogP contribution in [0.2, 0.25) is 0 Å². The Morgan fingerprint density at radius 2 is 1.24 bits per heavy atom. The molecule has 0 aromatic carbocycles. The maximum Gasteiger partial charge on any atom is 0.164 e. The summed E-state index contributed by atoms with van der Waals surface area (Å²) in [5.74, 6) is -1.43. The smallest absolute Gasteiger partial charge is 0.164 e. The quantitative estimate of drug-likeness (QED) is 0.434. The van der Waals surface area contributed by atoms with Gasteiger partial charge in [0.25, 0.3) is 0 Å². The molecule has 0 bridgehead atoms. The van der Waals surface area contributed by atoms with E-state index in [4.69, 9.17) is 47.3 Å². The van der Waals surface area contributed by atoms with E-state index in [1.165, 1.54) is 32.7 Å². The van der Waals surface area contributed by atoms with Gasteiger partial charge in [0.15, 0.2) is 11.6 Å². The Bertz CT molecular complexity index is 858. The van der Waals surface area contributed by atoms with Crippen molar-refractivity contribution in [2.45, 2.75) is 95.7 Å². The minimum Gasteiger partial charge on any atom is -0.393 e. The number of fused-ring (bicyclic) bond motifs is 2. The van der Waals surface area contributed by atoms with E-state index in [1.807, 2.05) is 20.8 Å². The summed E-state index contributed by atoms with van der Waals surface area (Å²) >= 11 is 20.8. The highest BCUT2D eigenvalue weighted by Crippen LogP contribution is 2.46. The van der Waals surface area contributed by atoms with Crippen molar-refractivity contribution < 1.29 is 34.3 Å². The number of rotatable bonds is 2. The molecule has 2 aliphatic carbocycles. The van der Waals surface area contributed by atoms with E-state index in [9.17, 15) is 10.2 Å². The monoisotopic (exact) mass is 614 g/mol. The molecule has 0 radical (unpaired) electrons. The third-order valence-electron chi connectivity index (χ3n) is 5.37. The fourth-order valence-corrected chi connectivity index (χ4v) is 7.35. The number of hydrogen-bond acceptors (Lipinski definition) is 9. The predicted octanol–water partition coefficient (Wildman–Crippen LogP) is 2.77. The summed E-state index contributed by atoms with van der Waals surface area (Å²) in [5.41, 5.74) is -2.40. The summed E-state index contributed by atoms with van der Waals surface area (Å²) in [4.78, 5) is 0. The number of halogens is 2. The minimum atomic E-state index is -1.42. The number of hydrogen-bond donors (Lipinski definition) is 3. The fraction of sp³-hybridized carbons (Fsp3) is 0.800. The summed E-state index contributed by atoms with van der Waals surface area (Å²) in [5, 5.41) is 30.2. The molecule has 6 atom stereocenters. The normalized spacial score (nSPS) is 37.9. The molecule has 34 heavy (non-hydrogen) atoms. The minimum absolute atomic E-state index is 0. The summed E-state index contributed by atoms with van der Waals surface area (Å²) in [6.45, 7) is 8.61. The van der Waals surface area contributed by atoms with Gasteiger partial charge < -0.3 is 34.3 Å². The molecule has 3 N–H and O–H groups in total. The molecule has 2 fully saturated rings. The summed E-state index contributed by atoms with van der Waals surface area (Å²) in [6.07, 6.45) is 1.84. The SMILES string of the molecule is C.CC1(C)O[C@H]2C(Cl)=C[C@@](O)(CO)[C@H]2O1.CC[C@]1(O)C=C(Cl)[C@@H]2OC(C)(C)O[C@@H]21.S=S=S=S=S. The largest absolute Gasteiger partial charge is 0.393 e. The van der Waals surface area contributed by atoms with Gasteiger partial charge in [-0.3, -0.25) is 0 Å². The molecule has 0 amide bonds. The molecule has 4 rings (SSSR count). The number of aliphatic hydroxyl groups excluding tert-OH is 1. The molecule has 0 aromatic heterocycles. The van der Waals surface area contributed by atoms with Gasteiger partial charge in [-0.2, -0.15) is 0 Å². The number of ether oxygens (including phenoxy) is 4. The molecule has 0 saturated carbocycles. The van der Waals surface area contributed by atoms with Gasteiger partial charge in [-0.15, -0.1) is 0 Å². The summed E-state index contributed by atoms with van der Waals surface area (Å²) in [7, 11) is 3.95. The van der Waals surface area contributed by atoms with Crippen LogP contribution in [0, 0.1) is 0 Å². The van der Waals surface area contributed by atoms with Crippen molar-refractivity contribution in [3.8, 4) is 0 Å². The van der Waals surface area contributed by atoms with Crippen LogP contribution in [0.5, 0.6) is 0 Å². The molecular formula is C20H32Cl2O7S5. The van der Waals surface area contributed by atoms with Crippen molar-refractivity contribution in [1.29, 1.82) is 0 Å². The Labute approximate surface area is 229 Å². The first kappa shape index (κ1) is 32.9. The van der Waals surface area contributed by atoms with E-state index in [2.05, 4.69) is 22.4 Å². The number of aliphatic hydroxyl groups is 3. The third kappa shape index (κ3) is 7.47. The van der Waals surface area contributed by atoms with Gasteiger partial charge in [-0.25, -0.2) is 0 Å². The van der Waals surface area contributed by atoms with E-state index in [-0.39, 0.29) is 19.6 Å². The molecule has 2 heterocycles. The van der Waals surface area contributed by atoms with Gasteiger partial charge in [0.05, 0.1) is 6.61 Å². The fourth-order valence-electron chi connectivity index (χ4n) is 3.91. The third-order valence-corrected chi connectivity index (χ3v) is 10.5. The van der Waals surface area contributed by atoms with Crippen LogP contribution in [-0.2, 0) is 68.0 Å². The lowest BCUT2D eigenvalue weighted by Gasteiger charge is -2.27. The lowest BCUT2D eigenvalue weighted by molar-refractivity contribution is -0.169. The van der Waals surface area contributed by atoms with Crippen LogP contribution in [0.15, 0.2) is 22.2 Å². The molecule has 0 spiro atoms. The molecule has 0 unspecified atom stereocenters. The molecule has 198 valence electrons. The van der Waals surface area contributed by atoms with Gasteiger partial charge in [0, 0.05) is 59.1 Å². The van der Waals surface area contributed by atoms with Gasteiger partial charge in [-0.05, 0) is 46.3 Å². The first-order valence-electron chi connectivity index (χ1n) is 9.96. The van der Waals surface area contributed by atoms with Crippen LogP contribution < -0.4 is 0 Å². The second-order valence-corrected chi connectivity index (χ2v) is 14.9. The second kappa shape index (κ2) is 12.6. The Kier molecular flexibility index (Phi) is 12.2. The van der Waals surface area contributed by atoms with E-state index < -0.39 is 41.6 Å². The lowest BCUT2D eigenvalue weighted by Crippen LogP contribution is -2.45. The van der Waals surface area contributed by atoms with E-state index in [0.29, 0.717) is 16.5 Å². The Balaban J connectivity index is 0.000000278. The van der Waals surface area contributed by atoms with E-state index in [0.717, 1.165) is 0 Å². The van der Waals surface area contributed by atoms with Crippen molar-refractivity contribution >= 4 is 72.2 Å². The standard InChI is InChI=1S/C10H15ClO3.C9H13ClO4.CH4.S5/c1-4-10(12)5-6(11)7-8(10)14-9(2,3)13-7;1-8(2)13-6-5(10)3-9(12,4-11)7(6)14-8;;1-3-5-4-2/h5,7-8,12H,4H2,1-3H3;3,6-7,11-12H,4H2,1-2H3;1H4;/t7-,8-,10-;6-,7-,9+;;/m00../s1. The Hall–Kier alpha value is 0.880. The lowest BCUT2D eigenvalue weighted by atomic mass is 9.97. The average molecular weight is 616 g/mol. The van der Waals surface area contributed by atoms with Crippen LogP contribution >= 0.6 is 23.2 Å². The van der Waals surface area contributed by atoms with Crippen molar-refractivity contribution in [2.24, 2.45) is 0 Å². The Morgan fingerprint density at radius 3 is 1.56 bits per heavy atom. The van der Waals surface area contributed by atoms with Crippen molar-refractivity contribution in [2.75, 3.05) is 6.61 Å². The molecule has 14 heteroatoms.